The number of sulfonamides is 1. The van der Waals surface area contributed by atoms with Crippen LogP contribution in [0, 0.1) is 5.92 Å². The number of carbonyl (C=O) groups is 1. The van der Waals surface area contributed by atoms with E-state index in [0.717, 1.165) is 31.5 Å². The summed E-state index contributed by atoms with van der Waals surface area (Å²) in [6.45, 7) is 1.81. The molecule has 0 unspecified atom stereocenters. The van der Waals surface area contributed by atoms with Crippen molar-refractivity contribution in [2.45, 2.75) is 23.7 Å². The molecule has 2 aromatic carbocycles. The lowest BCUT2D eigenvalue weighted by molar-refractivity contribution is -0.134. The second kappa shape index (κ2) is 8.88. The summed E-state index contributed by atoms with van der Waals surface area (Å²) in [4.78, 5) is 15.5. The molecular weight excluding hydrogens is 416 g/mol. The normalized spacial score (nSPS) is 21.9. The van der Waals surface area contributed by atoms with Gasteiger partial charge in [0, 0.05) is 37.7 Å². The number of benzene rings is 2. The summed E-state index contributed by atoms with van der Waals surface area (Å²) in [6, 6.07) is 13.8. The summed E-state index contributed by atoms with van der Waals surface area (Å²) in [5.74, 6) is 0.490. The van der Waals surface area contributed by atoms with Crippen LogP contribution in [0.25, 0.3) is 0 Å². The van der Waals surface area contributed by atoms with Crippen molar-refractivity contribution in [2.75, 3.05) is 40.4 Å². The number of methoxy groups -OCH3 is 2. The van der Waals surface area contributed by atoms with Gasteiger partial charge in [-0.05, 0) is 43.2 Å². The lowest BCUT2D eigenvalue weighted by Gasteiger charge is -2.25. The fourth-order valence-electron chi connectivity index (χ4n) is 4.57. The summed E-state index contributed by atoms with van der Waals surface area (Å²) in [5.41, 5.74) is 0.796. The van der Waals surface area contributed by atoms with Gasteiger partial charge >= 0.3 is 0 Å². The molecule has 2 aliphatic rings. The Hall–Kier alpha value is -2.58. The number of hydrogen-bond donors (Lipinski definition) is 0. The van der Waals surface area contributed by atoms with Gasteiger partial charge in [-0.3, -0.25) is 4.79 Å². The number of rotatable bonds is 6. The third-order valence-corrected chi connectivity index (χ3v) is 8.08. The lowest BCUT2D eigenvalue weighted by Crippen LogP contribution is -2.37. The second-order valence-electron chi connectivity index (χ2n) is 7.99. The molecule has 0 bridgehead atoms. The molecule has 0 aliphatic carbocycles. The maximum absolute atomic E-state index is 13.4. The van der Waals surface area contributed by atoms with Crippen LogP contribution in [0.15, 0.2) is 53.4 Å². The van der Waals surface area contributed by atoms with Crippen molar-refractivity contribution < 1.29 is 22.7 Å². The summed E-state index contributed by atoms with van der Waals surface area (Å²) in [5, 5.41) is 0. The Kier molecular flexibility index (Phi) is 6.20. The fraction of sp³-hybridized carbons (Fsp3) is 0.435. The number of nitrogens with zero attached hydrogens (tertiary/aromatic N) is 2. The van der Waals surface area contributed by atoms with Gasteiger partial charge < -0.3 is 14.4 Å². The van der Waals surface area contributed by atoms with Crippen molar-refractivity contribution in [2.24, 2.45) is 5.92 Å². The highest BCUT2D eigenvalue weighted by Gasteiger charge is 2.46. The number of hydrogen-bond acceptors (Lipinski definition) is 5. The topological polar surface area (TPSA) is 76.1 Å². The monoisotopic (exact) mass is 444 g/mol. The zero-order valence-corrected chi connectivity index (χ0v) is 18.7. The first-order valence-corrected chi connectivity index (χ1v) is 12.0. The summed E-state index contributed by atoms with van der Waals surface area (Å²) < 4.78 is 39.0. The Morgan fingerprint density at radius 1 is 0.968 bits per heavy atom. The number of ether oxygens (including phenoxy) is 2. The summed E-state index contributed by atoms with van der Waals surface area (Å²) in [6.07, 6.45) is 1.97. The Morgan fingerprint density at radius 2 is 1.68 bits per heavy atom. The molecule has 166 valence electrons. The molecule has 2 atom stereocenters. The predicted molar refractivity (Wildman–Crippen MR) is 117 cm³/mol. The van der Waals surface area contributed by atoms with E-state index < -0.39 is 15.9 Å². The molecule has 2 saturated heterocycles. The van der Waals surface area contributed by atoms with Crippen LogP contribution in [0.1, 0.15) is 24.3 Å². The molecular formula is C23H28N2O5S. The van der Waals surface area contributed by atoms with Crippen molar-refractivity contribution in [1.29, 1.82) is 0 Å². The van der Waals surface area contributed by atoms with Crippen LogP contribution in [-0.2, 0) is 14.8 Å². The first-order chi connectivity index (χ1) is 15.0. The molecule has 2 fully saturated rings. The van der Waals surface area contributed by atoms with Crippen LogP contribution in [0.5, 0.6) is 11.5 Å². The van der Waals surface area contributed by atoms with Gasteiger partial charge in [0.25, 0.3) is 0 Å². The molecule has 0 N–H and O–H groups in total. The van der Waals surface area contributed by atoms with Crippen LogP contribution in [-0.4, -0.2) is 63.9 Å². The number of carbonyl (C=O) groups excluding carboxylic acids is 1. The lowest BCUT2D eigenvalue weighted by atomic mass is 9.87. The Balaban J connectivity index is 1.73. The zero-order valence-electron chi connectivity index (χ0n) is 17.9. The Morgan fingerprint density at radius 3 is 2.32 bits per heavy atom. The van der Waals surface area contributed by atoms with Crippen LogP contribution < -0.4 is 9.47 Å². The summed E-state index contributed by atoms with van der Waals surface area (Å²) >= 11 is 0. The first kappa shape index (κ1) is 21.6. The summed E-state index contributed by atoms with van der Waals surface area (Å²) in [7, 11) is -0.552. The maximum atomic E-state index is 13.4. The number of likely N-dealkylation sites (tertiary alicyclic amines) is 1. The molecule has 2 aliphatic heterocycles. The van der Waals surface area contributed by atoms with E-state index in [2.05, 4.69) is 0 Å². The van der Waals surface area contributed by atoms with Gasteiger partial charge in [-0.1, -0.05) is 18.2 Å². The van der Waals surface area contributed by atoms with Crippen molar-refractivity contribution in [3.63, 3.8) is 0 Å². The predicted octanol–water partition coefficient (Wildman–Crippen LogP) is 2.73. The van der Waals surface area contributed by atoms with Gasteiger partial charge in [-0.15, -0.1) is 0 Å². The maximum Gasteiger partial charge on any atom is 0.243 e. The zero-order chi connectivity index (χ0) is 22.0. The van der Waals surface area contributed by atoms with Gasteiger partial charge in [-0.25, -0.2) is 8.42 Å². The quantitative estimate of drug-likeness (QED) is 0.685. The van der Waals surface area contributed by atoms with E-state index in [4.69, 9.17) is 9.47 Å². The van der Waals surface area contributed by atoms with Gasteiger partial charge in [-0.2, -0.15) is 4.31 Å². The molecule has 0 saturated carbocycles. The molecule has 2 heterocycles. The molecule has 4 rings (SSSR count). The molecule has 8 heteroatoms. The van der Waals surface area contributed by atoms with E-state index >= 15 is 0 Å². The molecule has 0 radical (unpaired) electrons. The number of amides is 1. The smallest absolute Gasteiger partial charge is 0.243 e. The van der Waals surface area contributed by atoms with Gasteiger partial charge in [0.05, 0.1) is 25.0 Å². The van der Waals surface area contributed by atoms with E-state index in [-0.39, 0.29) is 29.8 Å². The molecule has 0 spiro atoms. The van der Waals surface area contributed by atoms with Crippen LogP contribution in [0.4, 0.5) is 0 Å². The van der Waals surface area contributed by atoms with E-state index in [9.17, 15) is 13.2 Å². The minimum atomic E-state index is -3.71. The average Bonchev–Trinajstić information content (AvgIpc) is 3.49. The van der Waals surface area contributed by atoms with Gasteiger partial charge in [0.15, 0.2) is 0 Å². The van der Waals surface area contributed by atoms with Crippen molar-refractivity contribution >= 4 is 15.9 Å². The van der Waals surface area contributed by atoms with Crippen molar-refractivity contribution in [1.82, 2.24) is 9.21 Å². The van der Waals surface area contributed by atoms with Crippen molar-refractivity contribution in [3.8, 4) is 11.5 Å². The molecule has 2 aromatic rings. The highest BCUT2D eigenvalue weighted by atomic mass is 32.2. The highest BCUT2D eigenvalue weighted by Crippen LogP contribution is 2.42. The molecule has 7 nitrogen and oxygen atoms in total. The SMILES string of the molecule is COc1ccc(OC)c([C@H]2CN(S(=O)(=O)c3ccccc3)C[C@@H]2C(=O)N2CCCC2)c1. The van der Waals surface area contributed by atoms with E-state index in [1.165, 1.54) is 4.31 Å². The van der Waals surface area contributed by atoms with E-state index in [1.807, 2.05) is 11.0 Å². The van der Waals surface area contributed by atoms with Crippen LogP contribution in [0.2, 0.25) is 0 Å². The van der Waals surface area contributed by atoms with Gasteiger partial charge in [0.2, 0.25) is 15.9 Å². The first-order valence-electron chi connectivity index (χ1n) is 10.5. The minimum Gasteiger partial charge on any atom is -0.497 e. The van der Waals surface area contributed by atoms with Crippen LogP contribution in [0.3, 0.4) is 0 Å². The Bertz CT molecular complexity index is 1040. The highest BCUT2D eigenvalue weighted by molar-refractivity contribution is 7.89. The van der Waals surface area contributed by atoms with E-state index in [0.29, 0.717) is 11.5 Å². The molecule has 31 heavy (non-hydrogen) atoms. The van der Waals surface area contributed by atoms with E-state index in [1.54, 1.807) is 56.7 Å². The van der Waals surface area contributed by atoms with Crippen molar-refractivity contribution in [3.05, 3.63) is 54.1 Å². The molecule has 1 amide bonds. The Labute approximate surface area is 183 Å². The largest absolute Gasteiger partial charge is 0.497 e. The molecule has 0 aromatic heterocycles. The van der Waals surface area contributed by atoms with Crippen LogP contribution >= 0.6 is 0 Å². The standard InChI is InChI=1S/C23H28N2O5S/c1-29-17-10-11-22(30-2)19(14-17)20-15-25(31(27,28)18-8-4-3-5-9-18)16-21(20)23(26)24-12-6-7-13-24/h3-5,8-11,14,20-21H,6-7,12-13,15-16H2,1-2H3/t20-,21+/m1/s1. The van der Waals surface area contributed by atoms with Gasteiger partial charge in [0.1, 0.15) is 11.5 Å². The third-order valence-electron chi connectivity index (χ3n) is 6.24. The average molecular weight is 445 g/mol. The minimum absolute atomic E-state index is 0.0122. The second-order valence-corrected chi connectivity index (χ2v) is 9.93. The fourth-order valence-corrected chi connectivity index (χ4v) is 6.08. The third kappa shape index (κ3) is 4.14.